The molecule has 2 fully saturated rings. The Morgan fingerprint density at radius 2 is 0.823 bits per heavy atom. The molecule has 0 unspecified atom stereocenters. The van der Waals surface area contributed by atoms with Gasteiger partial charge in [0, 0.05) is 122 Å². The summed E-state index contributed by atoms with van der Waals surface area (Å²) in [5.41, 5.74) is 19.4. The van der Waals surface area contributed by atoms with Crippen LogP contribution in [-0.4, -0.2) is 201 Å². The first-order valence-corrected chi connectivity index (χ1v) is 36.3. The van der Waals surface area contributed by atoms with Crippen molar-refractivity contribution in [3.8, 4) is 74.8 Å². The fourth-order valence-electron chi connectivity index (χ4n) is 11.3. The Morgan fingerprint density at radius 1 is 0.478 bits per heavy atom. The van der Waals surface area contributed by atoms with E-state index < -0.39 is 11.9 Å². The predicted octanol–water partition coefficient (Wildman–Crippen LogP) is 10.0. The van der Waals surface area contributed by atoms with Crippen LogP contribution in [0.5, 0.6) is 17.6 Å². The molecule has 596 valence electrons. The van der Waals surface area contributed by atoms with Gasteiger partial charge >= 0.3 is 47.5 Å². The van der Waals surface area contributed by atoms with Gasteiger partial charge in [0.2, 0.25) is 17.6 Å². The van der Waals surface area contributed by atoms with E-state index in [0.29, 0.717) is 116 Å². The maximum absolute atomic E-state index is 13.1. The number of halogens is 2. The summed E-state index contributed by atoms with van der Waals surface area (Å²) in [5.74, 6) is 0.853. The summed E-state index contributed by atoms with van der Waals surface area (Å²) in [5, 5.41) is 57.7. The molecule has 0 aliphatic carbocycles. The second-order valence-electron chi connectivity index (χ2n) is 25.5. The molecule has 6 heterocycles. The minimum absolute atomic E-state index is 0. The minimum atomic E-state index is -0.954. The van der Waals surface area contributed by atoms with Gasteiger partial charge in [0.25, 0.3) is 11.5 Å². The molecule has 0 atom stereocenters. The van der Waals surface area contributed by atoms with Crippen LogP contribution in [0.15, 0.2) is 126 Å². The summed E-state index contributed by atoms with van der Waals surface area (Å²) < 4.78 is 45.7. The van der Waals surface area contributed by atoms with Crippen molar-refractivity contribution < 1.29 is 102 Å². The SMILES string of the molecule is COC(=O)c1ccc(C)c(-c2[nH][nH]c(=O)c2C)c1.COCCBr.COCCOc1n[nH]c(-c2cc(C(=O)N3CC(c4ccc(C#N)cc4)C3)ccc2C)c1C.COCCOc1n[nH]c(-c2cc(C(=O)O)ccc2C)c1C.COCCOc1n[nH]c(-c2cc(C(=O)OC)ccc2C)c1C.Cl.N#Cc1ccc(C2CNC2)cc1.[Na+].[OH-]. The number of carbonyl (C=O) groups excluding carboxylic acids is 3. The molecule has 0 saturated carbocycles. The van der Waals surface area contributed by atoms with E-state index in [1.54, 1.807) is 77.8 Å². The summed E-state index contributed by atoms with van der Waals surface area (Å²) in [6.07, 6.45) is 0. The van der Waals surface area contributed by atoms with Crippen molar-refractivity contribution in [3.05, 3.63) is 221 Å². The molecule has 2 saturated heterocycles. The van der Waals surface area contributed by atoms with E-state index in [-0.39, 0.29) is 70.4 Å². The van der Waals surface area contributed by atoms with Crippen LogP contribution in [0, 0.1) is 78.1 Å². The minimum Gasteiger partial charge on any atom is -0.870 e. The molecular formula is C82H97BrClN12NaO16. The van der Waals surface area contributed by atoms with Gasteiger partial charge in [-0.05, 0) is 162 Å². The number of alkyl halides is 1. The van der Waals surface area contributed by atoms with Crippen LogP contribution in [-0.2, 0) is 28.4 Å². The Morgan fingerprint density at radius 3 is 1.13 bits per heavy atom. The van der Waals surface area contributed by atoms with Crippen LogP contribution in [0.25, 0.3) is 45.0 Å². The molecule has 12 rings (SSSR count). The number of ether oxygens (including phenoxy) is 9. The van der Waals surface area contributed by atoms with Gasteiger partial charge in [-0.1, -0.05) is 64.5 Å². The number of likely N-dealkylation sites (tertiary alicyclic amines) is 1. The number of carbonyl (C=O) groups is 4. The van der Waals surface area contributed by atoms with Crippen LogP contribution in [0.2, 0.25) is 0 Å². The number of carboxylic acids is 1. The average Bonchev–Trinajstić information content (AvgIpc) is 1.59. The van der Waals surface area contributed by atoms with Crippen molar-refractivity contribution in [2.24, 2.45) is 0 Å². The van der Waals surface area contributed by atoms with Crippen molar-refractivity contribution in [2.45, 2.75) is 67.2 Å². The number of H-pyrrole nitrogens is 5. The standard InChI is InChI=1S/C25H26N4O3.C16H20N2O4.C15H18N2O4.C13H14N2O3.C10H10N2.C3H7BrO.ClH.Na.H2O/c1-16-4-7-20(12-22(16)23-17(2)24(28-27-23)32-11-10-31-3)25(30)29-14-21(15-29)19-8-5-18(13-26)6-9-19;1-10-5-6-12(16(19)21-4)9-13(10)14-11(2)15(18-17-14)22-8-7-20-3;1-9-4-5-11(15(18)19)8-12(9)13-10(2)14(17-16-13)21-7-6-20-3;1-7-4-5-9(13(17)18-3)6-10(7)11-8(2)12(16)15-14-11;11-5-8-1-3-9(4-2-8)10-6-12-7-10;1-5-3-2-4;;;/h4-9,12,21H,10-11,14-15H2,1-3H3,(H,27,28);5-6,9H,7-8H2,1-4H3,(H,17,18);4-5,8H,6-7H2,1-3H3,(H,16,17)(H,18,19);4-6H,1-3H3,(H2,14,15,16);1-4,10,12H,6-7H2;2-3H2,1H3;1H;;1H2/q;;;;;;;+1;/p-1. The summed E-state index contributed by atoms with van der Waals surface area (Å²) in [6.45, 7) is 22.4. The predicted molar refractivity (Wildman–Crippen MR) is 430 cm³/mol. The number of benzene rings is 6. The van der Waals surface area contributed by atoms with Gasteiger partial charge in [0.05, 0.1) is 103 Å². The van der Waals surface area contributed by atoms with Crippen molar-refractivity contribution in [3.63, 3.8) is 0 Å². The van der Waals surface area contributed by atoms with Crippen molar-refractivity contribution >= 4 is 52.2 Å². The molecule has 0 radical (unpaired) electrons. The molecule has 113 heavy (non-hydrogen) atoms. The number of nitriles is 2. The first kappa shape index (κ1) is 95.1. The van der Waals surface area contributed by atoms with E-state index in [9.17, 15) is 24.0 Å². The number of aromatic nitrogens is 8. The van der Waals surface area contributed by atoms with E-state index >= 15 is 0 Å². The molecule has 2 aliphatic rings. The van der Waals surface area contributed by atoms with Gasteiger partial charge in [0.1, 0.15) is 19.8 Å². The Kier molecular flexibility index (Phi) is 40.4. The first-order chi connectivity index (χ1) is 53.0. The van der Waals surface area contributed by atoms with Crippen LogP contribution < -0.4 is 54.6 Å². The first-order valence-electron chi connectivity index (χ1n) is 35.2. The third-order valence-electron chi connectivity index (χ3n) is 18.1. The topological polar surface area (TPSA) is 399 Å². The van der Waals surface area contributed by atoms with Crippen molar-refractivity contribution in [1.29, 1.82) is 10.5 Å². The summed E-state index contributed by atoms with van der Waals surface area (Å²) in [6, 6.07) is 41.1. The van der Waals surface area contributed by atoms with Crippen LogP contribution >= 0.6 is 28.3 Å². The number of hydrogen-bond acceptors (Lipinski definition) is 21. The van der Waals surface area contributed by atoms with E-state index in [2.05, 4.69) is 83.6 Å². The Bertz CT molecular complexity index is 4860. The number of aromatic amines is 5. The molecular weight excluding hydrogens is 1550 g/mol. The van der Waals surface area contributed by atoms with Gasteiger partial charge in [-0.3, -0.25) is 35.1 Å². The molecule has 6 aromatic carbocycles. The molecule has 0 bridgehead atoms. The normalized spacial score (nSPS) is 11.6. The molecule has 2 aliphatic heterocycles. The molecule has 0 spiro atoms. The number of hydrogen-bond donors (Lipinski definition) is 7. The maximum atomic E-state index is 13.1. The molecule has 4 aromatic heterocycles. The van der Waals surface area contributed by atoms with E-state index in [0.717, 1.165) is 114 Å². The van der Waals surface area contributed by atoms with Gasteiger partial charge in [-0.25, -0.2) is 14.4 Å². The fraction of sp³-hybridized carbons (Fsp3) is 0.341. The number of nitrogens with zero attached hydrogens (tertiary/aromatic N) is 6. The molecule has 1 amide bonds. The van der Waals surface area contributed by atoms with Crippen molar-refractivity contribution in [1.82, 2.24) is 51.0 Å². The average molecular weight is 1650 g/mol. The van der Waals surface area contributed by atoms with Gasteiger partial charge in [-0.15, -0.1) is 27.7 Å². The maximum Gasteiger partial charge on any atom is 1.00 e. The van der Waals surface area contributed by atoms with Crippen LogP contribution in [0.1, 0.15) is 120 Å². The fourth-order valence-corrected chi connectivity index (χ4v) is 11.7. The third-order valence-corrected chi connectivity index (χ3v) is 18.4. The Hall–Kier alpha value is -10.3. The summed E-state index contributed by atoms with van der Waals surface area (Å²) in [7, 11) is 9.24. The van der Waals surface area contributed by atoms with Gasteiger partial charge in [-0.2, -0.15) is 10.5 Å². The number of methoxy groups -OCH3 is 6. The molecule has 8 N–H and O–H groups in total. The summed E-state index contributed by atoms with van der Waals surface area (Å²) in [4.78, 5) is 60.6. The monoisotopic (exact) mass is 1640 g/mol. The zero-order valence-corrected chi connectivity index (χ0v) is 70.7. The van der Waals surface area contributed by atoms with E-state index in [1.807, 2.05) is 132 Å². The molecule has 31 heteroatoms. The number of carboxylic acid groups (broad SMARTS) is 1. The molecule has 10 aromatic rings. The number of amides is 1. The Balaban J connectivity index is 0.000000299. The smallest absolute Gasteiger partial charge is 0.870 e. The van der Waals surface area contributed by atoms with Crippen molar-refractivity contribution in [2.75, 3.05) is 120 Å². The summed E-state index contributed by atoms with van der Waals surface area (Å²) >= 11 is 3.18. The van der Waals surface area contributed by atoms with Gasteiger partial charge in [0.15, 0.2) is 0 Å². The molecule has 28 nitrogen and oxygen atoms in total. The second-order valence-corrected chi connectivity index (χ2v) is 26.3. The quantitative estimate of drug-likeness (QED) is 0.0128. The van der Waals surface area contributed by atoms with Crippen LogP contribution in [0.4, 0.5) is 0 Å². The van der Waals surface area contributed by atoms with Gasteiger partial charge < -0.3 is 63.4 Å². The number of nitrogens with one attached hydrogen (secondary N) is 6. The number of esters is 2. The third kappa shape index (κ3) is 26.2. The second kappa shape index (κ2) is 48.0. The largest absolute Gasteiger partial charge is 1.00 e. The number of rotatable bonds is 24. The van der Waals surface area contributed by atoms with E-state index in [1.165, 1.54) is 19.8 Å². The van der Waals surface area contributed by atoms with Crippen LogP contribution in [0.3, 0.4) is 0 Å². The zero-order valence-electron chi connectivity index (χ0n) is 66.3. The number of aromatic carboxylic acids is 1. The zero-order chi connectivity index (χ0) is 80.0. The van der Waals surface area contributed by atoms with E-state index in [4.69, 9.17) is 48.8 Å². The Labute approximate surface area is 694 Å². The number of aryl methyl sites for hydroxylation is 4.